The second-order valence-electron chi connectivity index (χ2n) is 3.85. The Bertz CT molecular complexity index is 688. The summed E-state index contributed by atoms with van der Waals surface area (Å²) in [5.74, 6) is -0.212. The summed E-state index contributed by atoms with van der Waals surface area (Å²) in [4.78, 5) is 0. The monoisotopic (exact) mass is 289 g/mol. The molecule has 0 saturated heterocycles. The van der Waals surface area contributed by atoms with Crippen molar-refractivity contribution >= 4 is 27.1 Å². The fourth-order valence-electron chi connectivity index (χ4n) is 1.97. The fraction of sp³-hybridized carbons (Fsp3) is 0. The van der Waals surface area contributed by atoms with Gasteiger partial charge in [-0.05, 0) is 24.3 Å². The first-order chi connectivity index (χ1) is 8.27. The van der Waals surface area contributed by atoms with Gasteiger partial charge < -0.3 is 0 Å². The average molecular weight is 290 g/mol. The van der Waals surface area contributed by atoms with Crippen LogP contribution in [0.25, 0.3) is 22.2 Å². The SMILES string of the molecule is Fc1ccccc1-c1cc2ccccc2n1Br. The molecule has 0 aliphatic carbocycles. The molecule has 0 fully saturated rings. The number of aromatic nitrogens is 1. The Labute approximate surface area is 107 Å². The van der Waals surface area contributed by atoms with Crippen molar-refractivity contribution in [3.05, 3.63) is 60.4 Å². The summed E-state index contributed by atoms with van der Waals surface area (Å²) in [6.07, 6.45) is 0. The highest BCUT2D eigenvalue weighted by Gasteiger charge is 2.11. The number of hydrogen-bond acceptors (Lipinski definition) is 0. The van der Waals surface area contributed by atoms with Gasteiger partial charge in [0.25, 0.3) is 0 Å². The van der Waals surface area contributed by atoms with Crippen molar-refractivity contribution in [3.63, 3.8) is 0 Å². The van der Waals surface area contributed by atoms with E-state index in [2.05, 4.69) is 16.1 Å². The van der Waals surface area contributed by atoms with Gasteiger partial charge in [0.05, 0.1) is 27.4 Å². The van der Waals surface area contributed by atoms with Crippen LogP contribution in [0.4, 0.5) is 4.39 Å². The second kappa shape index (κ2) is 4.00. The summed E-state index contributed by atoms with van der Waals surface area (Å²) >= 11 is 3.47. The lowest BCUT2D eigenvalue weighted by molar-refractivity contribution is 0.631. The molecule has 1 nitrogen and oxygen atoms in total. The van der Waals surface area contributed by atoms with Crippen molar-refractivity contribution in [1.82, 2.24) is 3.59 Å². The molecule has 0 bridgehead atoms. The summed E-state index contributed by atoms with van der Waals surface area (Å²) < 4.78 is 15.6. The van der Waals surface area contributed by atoms with Crippen LogP contribution in [0.2, 0.25) is 0 Å². The van der Waals surface area contributed by atoms with Crippen molar-refractivity contribution in [2.24, 2.45) is 0 Å². The van der Waals surface area contributed by atoms with Gasteiger partial charge in [-0.25, -0.2) is 4.39 Å². The number of fused-ring (bicyclic) bond motifs is 1. The molecule has 84 valence electrons. The van der Waals surface area contributed by atoms with Crippen LogP contribution in [-0.2, 0) is 0 Å². The highest BCUT2D eigenvalue weighted by atomic mass is 79.9. The number of hydrogen-bond donors (Lipinski definition) is 0. The average Bonchev–Trinajstić information content (AvgIpc) is 2.68. The van der Waals surface area contributed by atoms with Crippen molar-refractivity contribution in [2.75, 3.05) is 0 Å². The maximum Gasteiger partial charge on any atom is 0.132 e. The molecule has 1 heterocycles. The number of benzene rings is 2. The standard InChI is InChI=1S/C14H9BrFN/c15-17-13-8-4-1-5-10(13)9-14(17)11-6-2-3-7-12(11)16/h1-9H. The van der Waals surface area contributed by atoms with E-state index < -0.39 is 0 Å². The fourth-order valence-corrected chi connectivity index (χ4v) is 2.59. The molecule has 0 aliphatic rings. The smallest absolute Gasteiger partial charge is 0.132 e. The van der Waals surface area contributed by atoms with Crippen LogP contribution in [0.3, 0.4) is 0 Å². The highest BCUT2D eigenvalue weighted by Crippen LogP contribution is 2.31. The van der Waals surface area contributed by atoms with E-state index in [1.807, 2.05) is 40.0 Å². The van der Waals surface area contributed by atoms with Crippen LogP contribution < -0.4 is 0 Å². The number of para-hydroxylation sites is 1. The normalized spacial score (nSPS) is 10.9. The molecule has 3 rings (SSSR count). The Kier molecular flexibility index (Phi) is 2.48. The van der Waals surface area contributed by atoms with Gasteiger partial charge >= 0.3 is 0 Å². The number of rotatable bonds is 1. The van der Waals surface area contributed by atoms with E-state index in [1.165, 1.54) is 6.07 Å². The van der Waals surface area contributed by atoms with Crippen LogP contribution in [0.5, 0.6) is 0 Å². The lowest BCUT2D eigenvalue weighted by Crippen LogP contribution is -1.87. The minimum Gasteiger partial charge on any atom is -0.276 e. The Hall–Kier alpha value is -1.61. The van der Waals surface area contributed by atoms with E-state index in [9.17, 15) is 4.39 Å². The van der Waals surface area contributed by atoms with Gasteiger partial charge in [0, 0.05) is 10.9 Å². The molecule has 17 heavy (non-hydrogen) atoms. The Morgan fingerprint density at radius 1 is 0.941 bits per heavy atom. The van der Waals surface area contributed by atoms with Gasteiger partial charge in [-0.15, -0.1) is 0 Å². The molecule has 0 radical (unpaired) electrons. The third-order valence-electron chi connectivity index (χ3n) is 2.80. The van der Waals surface area contributed by atoms with Gasteiger partial charge in [-0.2, -0.15) is 0 Å². The molecule has 0 aliphatic heterocycles. The van der Waals surface area contributed by atoms with Crippen molar-refractivity contribution in [1.29, 1.82) is 0 Å². The first kappa shape index (κ1) is 10.5. The molecule has 0 spiro atoms. The summed E-state index contributed by atoms with van der Waals surface area (Å²) in [5.41, 5.74) is 2.45. The molecule has 1 aromatic heterocycles. The van der Waals surface area contributed by atoms with Gasteiger partial charge in [0.2, 0.25) is 0 Å². The highest BCUT2D eigenvalue weighted by molar-refractivity contribution is 9.08. The zero-order valence-electron chi connectivity index (χ0n) is 8.90. The molecular weight excluding hydrogens is 281 g/mol. The van der Waals surface area contributed by atoms with Gasteiger partial charge in [-0.3, -0.25) is 3.59 Å². The van der Waals surface area contributed by atoms with Crippen LogP contribution in [-0.4, -0.2) is 3.59 Å². The lowest BCUT2D eigenvalue weighted by atomic mass is 10.1. The van der Waals surface area contributed by atoms with Crippen molar-refractivity contribution < 1.29 is 4.39 Å². The van der Waals surface area contributed by atoms with E-state index in [1.54, 1.807) is 12.1 Å². The predicted molar refractivity (Wildman–Crippen MR) is 71.7 cm³/mol. The maximum atomic E-state index is 13.7. The van der Waals surface area contributed by atoms with Crippen LogP contribution >= 0.6 is 16.1 Å². The summed E-state index contributed by atoms with van der Waals surface area (Å²) in [5, 5.41) is 1.09. The molecule has 0 atom stereocenters. The largest absolute Gasteiger partial charge is 0.276 e. The topological polar surface area (TPSA) is 4.93 Å². The number of halogens is 2. The lowest BCUT2D eigenvalue weighted by Gasteiger charge is -2.03. The van der Waals surface area contributed by atoms with E-state index >= 15 is 0 Å². The van der Waals surface area contributed by atoms with Gasteiger partial charge in [0.1, 0.15) is 5.82 Å². The summed E-state index contributed by atoms with van der Waals surface area (Å²) in [7, 11) is 0. The molecule has 3 heteroatoms. The molecule has 0 N–H and O–H groups in total. The van der Waals surface area contributed by atoms with Crippen LogP contribution in [0.1, 0.15) is 0 Å². The Balaban J connectivity index is 2.32. The van der Waals surface area contributed by atoms with E-state index in [0.29, 0.717) is 5.56 Å². The third-order valence-corrected chi connectivity index (χ3v) is 3.57. The molecule has 3 aromatic rings. The molecular formula is C14H9BrFN. The Morgan fingerprint density at radius 2 is 1.65 bits per heavy atom. The van der Waals surface area contributed by atoms with Gasteiger partial charge in [0.15, 0.2) is 0 Å². The van der Waals surface area contributed by atoms with Crippen molar-refractivity contribution in [2.45, 2.75) is 0 Å². The predicted octanol–water partition coefficient (Wildman–Crippen LogP) is 4.61. The zero-order valence-corrected chi connectivity index (χ0v) is 10.5. The molecule has 2 aromatic carbocycles. The van der Waals surface area contributed by atoms with Crippen LogP contribution in [0, 0.1) is 5.82 Å². The van der Waals surface area contributed by atoms with Crippen LogP contribution in [0.15, 0.2) is 54.6 Å². The zero-order chi connectivity index (χ0) is 11.8. The van der Waals surface area contributed by atoms with E-state index in [0.717, 1.165) is 16.6 Å². The summed E-state index contributed by atoms with van der Waals surface area (Å²) in [6, 6.07) is 16.7. The molecule has 0 saturated carbocycles. The van der Waals surface area contributed by atoms with E-state index in [-0.39, 0.29) is 5.82 Å². The van der Waals surface area contributed by atoms with Crippen molar-refractivity contribution in [3.8, 4) is 11.3 Å². The summed E-state index contributed by atoms with van der Waals surface area (Å²) in [6.45, 7) is 0. The quantitative estimate of drug-likeness (QED) is 0.617. The Morgan fingerprint density at radius 3 is 2.41 bits per heavy atom. The first-order valence-corrected chi connectivity index (χ1v) is 6.00. The minimum absolute atomic E-state index is 0.212. The van der Waals surface area contributed by atoms with E-state index in [4.69, 9.17) is 0 Å². The molecule has 0 amide bonds. The minimum atomic E-state index is -0.212. The third kappa shape index (κ3) is 1.67. The second-order valence-corrected chi connectivity index (χ2v) is 4.56. The number of nitrogens with zero attached hydrogens (tertiary/aromatic N) is 1. The first-order valence-electron chi connectivity index (χ1n) is 5.29. The molecule has 0 unspecified atom stereocenters. The van der Waals surface area contributed by atoms with Gasteiger partial charge in [-0.1, -0.05) is 30.3 Å². The maximum absolute atomic E-state index is 13.7.